The van der Waals surface area contributed by atoms with Gasteiger partial charge in [-0.1, -0.05) is 12.1 Å². The summed E-state index contributed by atoms with van der Waals surface area (Å²) in [4.78, 5) is 40.6. The zero-order valence-corrected chi connectivity index (χ0v) is 11.8. The third-order valence-corrected chi connectivity index (χ3v) is 2.84. The summed E-state index contributed by atoms with van der Waals surface area (Å²) >= 11 is 0. The SMILES string of the molecule is O=c1[nH]c(O)c(C=NCCNc2ccccc2[N+](=O)[O-])c(=O)[nH]1. The third-order valence-electron chi connectivity index (χ3n) is 2.84. The quantitative estimate of drug-likeness (QED) is 0.258. The first-order chi connectivity index (χ1) is 11.0. The number of aromatic amines is 2. The van der Waals surface area contributed by atoms with Gasteiger partial charge < -0.3 is 10.4 Å². The minimum absolute atomic E-state index is 0.0498. The molecule has 4 N–H and O–H groups in total. The summed E-state index contributed by atoms with van der Waals surface area (Å²) in [5.74, 6) is -0.575. The van der Waals surface area contributed by atoms with Gasteiger partial charge in [0.25, 0.3) is 11.2 Å². The molecule has 1 aromatic carbocycles. The highest BCUT2D eigenvalue weighted by Crippen LogP contribution is 2.22. The van der Waals surface area contributed by atoms with E-state index in [1.54, 1.807) is 18.2 Å². The Morgan fingerprint density at radius 1 is 1.30 bits per heavy atom. The Kier molecular flexibility index (Phi) is 4.87. The van der Waals surface area contributed by atoms with E-state index in [-0.39, 0.29) is 24.3 Å². The summed E-state index contributed by atoms with van der Waals surface area (Å²) in [6, 6.07) is 6.17. The first-order valence-electron chi connectivity index (χ1n) is 6.51. The van der Waals surface area contributed by atoms with Crippen molar-refractivity contribution in [2.75, 3.05) is 18.4 Å². The van der Waals surface area contributed by atoms with Crippen molar-refractivity contribution in [1.29, 1.82) is 0 Å². The van der Waals surface area contributed by atoms with Crippen molar-refractivity contribution in [3.05, 3.63) is 60.8 Å². The Morgan fingerprint density at radius 2 is 2.04 bits per heavy atom. The lowest BCUT2D eigenvalue weighted by Crippen LogP contribution is -2.25. The number of H-pyrrole nitrogens is 2. The fourth-order valence-electron chi connectivity index (χ4n) is 1.80. The number of nitrogens with zero attached hydrogens (tertiary/aromatic N) is 2. The van der Waals surface area contributed by atoms with E-state index in [2.05, 4.69) is 10.3 Å². The highest BCUT2D eigenvalue weighted by Gasteiger charge is 2.11. The number of anilines is 1. The van der Waals surface area contributed by atoms with E-state index in [0.29, 0.717) is 5.69 Å². The van der Waals surface area contributed by atoms with Gasteiger partial charge in [-0.2, -0.15) is 0 Å². The van der Waals surface area contributed by atoms with Crippen LogP contribution in [0.3, 0.4) is 0 Å². The molecule has 1 aromatic heterocycles. The molecule has 0 radical (unpaired) electrons. The molecule has 23 heavy (non-hydrogen) atoms. The van der Waals surface area contributed by atoms with Crippen LogP contribution in [-0.2, 0) is 0 Å². The predicted octanol–water partition coefficient (Wildman–Crippen LogP) is 0.208. The highest BCUT2D eigenvalue weighted by molar-refractivity contribution is 5.81. The van der Waals surface area contributed by atoms with Crippen LogP contribution < -0.4 is 16.6 Å². The van der Waals surface area contributed by atoms with E-state index in [1.807, 2.05) is 9.97 Å². The van der Waals surface area contributed by atoms with Gasteiger partial charge in [0, 0.05) is 18.8 Å². The minimum atomic E-state index is -0.817. The van der Waals surface area contributed by atoms with Gasteiger partial charge >= 0.3 is 5.69 Å². The molecule has 0 unspecified atom stereocenters. The second kappa shape index (κ2) is 7.02. The number of nitro groups is 1. The summed E-state index contributed by atoms with van der Waals surface area (Å²) in [6.45, 7) is 0.480. The zero-order chi connectivity index (χ0) is 16.8. The molecule has 0 aliphatic carbocycles. The molecule has 120 valence electrons. The Balaban J connectivity index is 1.98. The number of aromatic nitrogens is 2. The number of rotatable bonds is 6. The normalized spacial score (nSPS) is 10.8. The van der Waals surface area contributed by atoms with Gasteiger partial charge in [-0.3, -0.25) is 29.9 Å². The Hall–Kier alpha value is -3.43. The highest BCUT2D eigenvalue weighted by atomic mass is 16.6. The lowest BCUT2D eigenvalue weighted by atomic mass is 10.2. The average molecular weight is 319 g/mol. The van der Waals surface area contributed by atoms with Crippen molar-refractivity contribution in [1.82, 2.24) is 9.97 Å². The molecule has 1 heterocycles. The van der Waals surface area contributed by atoms with Crippen molar-refractivity contribution >= 4 is 17.6 Å². The van der Waals surface area contributed by atoms with Gasteiger partial charge in [0.1, 0.15) is 11.3 Å². The van der Waals surface area contributed by atoms with Crippen LogP contribution in [0.2, 0.25) is 0 Å². The molecule has 0 fully saturated rings. The summed E-state index contributed by atoms with van der Waals surface area (Å²) in [7, 11) is 0. The smallest absolute Gasteiger partial charge is 0.328 e. The van der Waals surface area contributed by atoms with Crippen LogP contribution >= 0.6 is 0 Å². The lowest BCUT2D eigenvalue weighted by molar-refractivity contribution is -0.384. The number of hydrogen-bond acceptors (Lipinski definition) is 7. The molecule has 0 aliphatic heterocycles. The van der Waals surface area contributed by atoms with Crippen LogP contribution in [0.15, 0.2) is 38.8 Å². The van der Waals surface area contributed by atoms with Crippen molar-refractivity contribution in [3.8, 4) is 5.88 Å². The number of nitro benzene ring substituents is 1. The number of nitrogens with one attached hydrogen (secondary N) is 3. The Labute approximate surface area is 128 Å². The molecule has 0 spiro atoms. The third kappa shape index (κ3) is 4.03. The molecular weight excluding hydrogens is 306 g/mol. The molecule has 2 aromatic rings. The van der Waals surface area contributed by atoms with Crippen molar-refractivity contribution in [2.45, 2.75) is 0 Å². The van der Waals surface area contributed by atoms with Crippen LogP contribution in [0.25, 0.3) is 0 Å². The monoisotopic (exact) mass is 319 g/mol. The average Bonchev–Trinajstić information content (AvgIpc) is 2.49. The second-order valence-corrected chi connectivity index (χ2v) is 4.41. The molecule has 0 bridgehead atoms. The van der Waals surface area contributed by atoms with E-state index < -0.39 is 22.1 Å². The standard InChI is InChI=1S/C13H13N5O5/c19-11-8(12(20)17-13(21)16-11)7-14-5-6-15-9-3-1-2-4-10(9)18(22)23/h1-4,7,15H,5-6H2,(H3,16,17,19,20,21). The maximum absolute atomic E-state index is 11.4. The molecule has 10 nitrogen and oxygen atoms in total. The number of aromatic hydroxyl groups is 1. The number of hydrogen-bond donors (Lipinski definition) is 4. The van der Waals surface area contributed by atoms with Gasteiger partial charge in [-0.15, -0.1) is 0 Å². The minimum Gasteiger partial charge on any atom is -0.494 e. The fourth-order valence-corrected chi connectivity index (χ4v) is 1.80. The maximum Gasteiger partial charge on any atom is 0.328 e. The summed E-state index contributed by atoms with van der Waals surface area (Å²) in [6.07, 6.45) is 1.12. The van der Waals surface area contributed by atoms with Crippen molar-refractivity contribution < 1.29 is 10.0 Å². The molecule has 0 atom stereocenters. The number of para-hydroxylation sites is 2. The van der Waals surface area contributed by atoms with E-state index in [9.17, 15) is 24.8 Å². The Morgan fingerprint density at radius 3 is 2.74 bits per heavy atom. The molecule has 0 amide bonds. The van der Waals surface area contributed by atoms with E-state index in [1.165, 1.54) is 6.07 Å². The molecule has 0 saturated heterocycles. The van der Waals surface area contributed by atoms with Crippen molar-refractivity contribution in [2.24, 2.45) is 4.99 Å². The van der Waals surface area contributed by atoms with E-state index >= 15 is 0 Å². The first-order valence-corrected chi connectivity index (χ1v) is 6.51. The van der Waals surface area contributed by atoms with Crippen LogP contribution in [0.1, 0.15) is 5.56 Å². The topological polar surface area (TPSA) is 153 Å². The molecular formula is C13H13N5O5. The molecule has 2 rings (SSSR count). The van der Waals surface area contributed by atoms with Gasteiger partial charge in [0.2, 0.25) is 5.88 Å². The second-order valence-electron chi connectivity index (χ2n) is 4.41. The summed E-state index contributed by atoms with van der Waals surface area (Å²) < 4.78 is 0. The van der Waals surface area contributed by atoms with Crippen LogP contribution in [0.4, 0.5) is 11.4 Å². The van der Waals surface area contributed by atoms with Gasteiger partial charge in [0.15, 0.2) is 0 Å². The number of benzene rings is 1. The van der Waals surface area contributed by atoms with Gasteiger partial charge in [0.05, 0.1) is 11.5 Å². The van der Waals surface area contributed by atoms with Crippen LogP contribution in [0, 0.1) is 10.1 Å². The van der Waals surface area contributed by atoms with Crippen molar-refractivity contribution in [3.63, 3.8) is 0 Å². The molecule has 10 heteroatoms. The fraction of sp³-hybridized carbons (Fsp3) is 0.154. The van der Waals surface area contributed by atoms with E-state index in [0.717, 1.165) is 6.21 Å². The Bertz CT molecular complexity index is 854. The number of aliphatic imine (C=N–C) groups is 1. The van der Waals surface area contributed by atoms with Gasteiger partial charge in [-0.25, -0.2) is 4.79 Å². The van der Waals surface area contributed by atoms with Gasteiger partial charge in [-0.05, 0) is 6.07 Å². The molecule has 0 saturated carbocycles. The summed E-state index contributed by atoms with van der Waals surface area (Å²) in [5, 5.41) is 23.1. The predicted molar refractivity (Wildman–Crippen MR) is 83.4 cm³/mol. The summed E-state index contributed by atoms with van der Waals surface area (Å²) in [5.41, 5.74) is -1.44. The maximum atomic E-state index is 11.4. The molecule has 0 aliphatic rings. The van der Waals surface area contributed by atoms with Crippen LogP contribution in [-0.4, -0.2) is 39.3 Å². The van der Waals surface area contributed by atoms with E-state index in [4.69, 9.17) is 0 Å². The van der Waals surface area contributed by atoms with Crippen LogP contribution in [0.5, 0.6) is 5.88 Å². The first kappa shape index (κ1) is 15.9. The lowest BCUT2D eigenvalue weighted by Gasteiger charge is -2.04. The zero-order valence-electron chi connectivity index (χ0n) is 11.8. The largest absolute Gasteiger partial charge is 0.494 e.